The van der Waals surface area contributed by atoms with Crippen LogP contribution in [0.2, 0.25) is 5.02 Å². The molecule has 1 aliphatic rings. The highest BCUT2D eigenvalue weighted by molar-refractivity contribution is 7.92. The van der Waals surface area contributed by atoms with E-state index in [0.717, 1.165) is 9.87 Å². The number of fused-ring (bicyclic) bond motifs is 1. The molecule has 0 aromatic heterocycles. The number of para-hydroxylation sites is 1. The van der Waals surface area contributed by atoms with Crippen molar-refractivity contribution in [3.05, 3.63) is 95.5 Å². The van der Waals surface area contributed by atoms with Gasteiger partial charge in [0, 0.05) is 12.1 Å². The van der Waals surface area contributed by atoms with E-state index in [-0.39, 0.29) is 30.3 Å². The lowest BCUT2D eigenvalue weighted by molar-refractivity contribution is 0.0950. The van der Waals surface area contributed by atoms with Crippen LogP contribution < -0.4 is 19.1 Å². The number of hydrogen-bond acceptors (Lipinski definition) is 5. The average Bonchev–Trinajstić information content (AvgIpc) is 3.29. The molecule has 0 atom stereocenters. The molecule has 170 valence electrons. The zero-order valence-corrected chi connectivity index (χ0v) is 19.1. The van der Waals surface area contributed by atoms with Gasteiger partial charge in [0.15, 0.2) is 11.5 Å². The zero-order valence-electron chi connectivity index (χ0n) is 17.5. The number of amides is 1. The fourth-order valence-electron chi connectivity index (χ4n) is 3.36. The number of anilines is 1. The smallest absolute Gasteiger partial charge is 0.264 e. The Bertz CT molecular complexity index is 1310. The van der Waals surface area contributed by atoms with Crippen molar-refractivity contribution in [2.45, 2.75) is 11.4 Å². The molecule has 4 rings (SSSR count). The molecule has 0 radical (unpaired) electrons. The van der Waals surface area contributed by atoms with Crippen molar-refractivity contribution in [1.29, 1.82) is 0 Å². The second kappa shape index (κ2) is 9.56. The maximum atomic E-state index is 13.4. The first-order valence-electron chi connectivity index (χ1n) is 10.0. The van der Waals surface area contributed by atoms with E-state index in [4.69, 9.17) is 21.1 Å². The number of halogens is 1. The molecule has 9 heteroatoms. The van der Waals surface area contributed by atoms with Crippen LogP contribution in [0, 0.1) is 0 Å². The number of carbonyl (C=O) groups is 1. The Balaban J connectivity index is 1.55. The second-order valence-electron chi connectivity index (χ2n) is 7.17. The van der Waals surface area contributed by atoms with Gasteiger partial charge in [0.05, 0.1) is 22.2 Å². The number of ether oxygens (including phenoxy) is 2. The molecule has 3 aromatic carbocycles. The maximum absolute atomic E-state index is 13.4. The lowest BCUT2D eigenvalue weighted by Crippen LogP contribution is -2.31. The summed E-state index contributed by atoms with van der Waals surface area (Å²) in [6.07, 6.45) is 1.48. The highest BCUT2D eigenvalue weighted by Crippen LogP contribution is 2.33. The van der Waals surface area contributed by atoms with E-state index in [1.807, 2.05) is 6.07 Å². The molecule has 0 spiro atoms. The van der Waals surface area contributed by atoms with Gasteiger partial charge in [0.25, 0.3) is 15.9 Å². The van der Waals surface area contributed by atoms with Gasteiger partial charge in [0.1, 0.15) is 0 Å². The van der Waals surface area contributed by atoms with Gasteiger partial charge in [-0.05, 0) is 48.0 Å². The van der Waals surface area contributed by atoms with Crippen LogP contribution in [0.1, 0.15) is 15.9 Å². The largest absolute Gasteiger partial charge is 0.454 e. The number of hydrogen-bond donors (Lipinski definition) is 1. The van der Waals surface area contributed by atoms with Crippen LogP contribution in [-0.2, 0) is 16.6 Å². The fraction of sp³-hybridized carbons (Fsp3) is 0.125. The second-order valence-corrected chi connectivity index (χ2v) is 9.44. The van der Waals surface area contributed by atoms with Gasteiger partial charge in [-0.25, -0.2) is 8.42 Å². The van der Waals surface area contributed by atoms with Crippen molar-refractivity contribution in [1.82, 2.24) is 5.32 Å². The Morgan fingerprint density at radius 1 is 1.06 bits per heavy atom. The van der Waals surface area contributed by atoms with Gasteiger partial charge in [-0.3, -0.25) is 9.10 Å². The van der Waals surface area contributed by atoms with Crippen LogP contribution in [0.3, 0.4) is 0 Å². The predicted octanol–water partition coefficient (Wildman–Crippen LogP) is 4.38. The van der Waals surface area contributed by atoms with Crippen molar-refractivity contribution in [3.8, 4) is 11.5 Å². The average molecular weight is 485 g/mol. The van der Waals surface area contributed by atoms with Gasteiger partial charge >= 0.3 is 0 Å². The SMILES string of the molecule is C=CCN(c1ccccc1Cl)S(=O)(=O)c1cccc(C(=O)NCc2ccc3c(c2)OCO3)c1. The third-order valence-electron chi connectivity index (χ3n) is 4.99. The summed E-state index contributed by atoms with van der Waals surface area (Å²) >= 11 is 6.24. The topological polar surface area (TPSA) is 84.9 Å². The van der Waals surface area contributed by atoms with Crippen molar-refractivity contribution in [3.63, 3.8) is 0 Å². The minimum atomic E-state index is -4.00. The molecule has 0 fully saturated rings. The fourth-order valence-corrected chi connectivity index (χ4v) is 5.15. The van der Waals surface area contributed by atoms with Crippen molar-refractivity contribution in [2.75, 3.05) is 17.6 Å². The summed E-state index contributed by atoms with van der Waals surface area (Å²) in [5.74, 6) is 0.875. The molecular weight excluding hydrogens is 464 g/mol. The van der Waals surface area contributed by atoms with Gasteiger partial charge in [0.2, 0.25) is 6.79 Å². The molecule has 0 bridgehead atoms. The number of rotatable bonds is 8. The Kier molecular flexibility index (Phi) is 6.57. The molecule has 0 saturated carbocycles. The summed E-state index contributed by atoms with van der Waals surface area (Å²) in [5, 5.41) is 3.09. The summed E-state index contributed by atoms with van der Waals surface area (Å²) < 4.78 is 38.6. The first kappa shape index (κ1) is 22.7. The summed E-state index contributed by atoms with van der Waals surface area (Å²) in [4.78, 5) is 12.7. The summed E-state index contributed by atoms with van der Waals surface area (Å²) in [7, 11) is -4.00. The van der Waals surface area contributed by atoms with E-state index < -0.39 is 15.9 Å². The van der Waals surface area contributed by atoms with Crippen LogP contribution >= 0.6 is 11.6 Å². The number of carbonyl (C=O) groups excluding carboxylic acids is 1. The Hall–Kier alpha value is -3.49. The monoisotopic (exact) mass is 484 g/mol. The zero-order chi connectivity index (χ0) is 23.4. The van der Waals surface area contributed by atoms with Gasteiger partial charge < -0.3 is 14.8 Å². The molecule has 0 aliphatic carbocycles. The highest BCUT2D eigenvalue weighted by atomic mass is 35.5. The first-order chi connectivity index (χ1) is 15.9. The van der Waals surface area contributed by atoms with Crippen LogP contribution in [0.5, 0.6) is 11.5 Å². The highest BCUT2D eigenvalue weighted by Gasteiger charge is 2.26. The molecule has 1 aliphatic heterocycles. The molecule has 1 amide bonds. The Morgan fingerprint density at radius 2 is 1.85 bits per heavy atom. The number of sulfonamides is 1. The van der Waals surface area contributed by atoms with Crippen LogP contribution in [0.25, 0.3) is 0 Å². The normalized spacial score (nSPS) is 12.3. The number of nitrogens with zero attached hydrogens (tertiary/aromatic N) is 1. The molecule has 33 heavy (non-hydrogen) atoms. The Morgan fingerprint density at radius 3 is 2.64 bits per heavy atom. The predicted molar refractivity (Wildman–Crippen MR) is 126 cm³/mol. The van der Waals surface area contributed by atoms with E-state index in [1.54, 1.807) is 42.5 Å². The minimum absolute atomic E-state index is 0.0204. The molecule has 0 unspecified atom stereocenters. The van der Waals surface area contributed by atoms with Gasteiger partial charge in [-0.2, -0.15) is 0 Å². The maximum Gasteiger partial charge on any atom is 0.264 e. The van der Waals surface area contributed by atoms with Crippen LogP contribution in [0.15, 0.2) is 84.3 Å². The summed E-state index contributed by atoms with van der Waals surface area (Å²) in [6.45, 7) is 4.09. The molecule has 0 saturated heterocycles. The molecule has 3 aromatic rings. The number of nitrogens with one attached hydrogen (secondary N) is 1. The lowest BCUT2D eigenvalue weighted by Gasteiger charge is -2.24. The summed E-state index contributed by atoms with van der Waals surface area (Å²) in [6, 6.07) is 17.9. The third-order valence-corrected chi connectivity index (χ3v) is 7.09. The minimum Gasteiger partial charge on any atom is -0.454 e. The first-order valence-corrected chi connectivity index (χ1v) is 11.9. The standard InChI is InChI=1S/C24H21ClN2O5S/c1-2-12-27(21-9-4-3-8-20(21)25)33(29,30)19-7-5-6-18(14-19)24(28)26-15-17-10-11-22-23(13-17)32-16-31-22/h2-11,13-14H,1,12,15-16H2,(H,26,28). The van der Waals surface area contributed by atoms with E-state index in [2.05, 4.69) is 11.9 Å². The van der Waals surface area contributed by atoms with Crippen molar-refractivity contribution < 1.29 is 22.7 Å². The van der Waals surface area contributed by atoms with E-state index in [1.165, 1.54) is 24.3 Å². The van der Waals surface area contributed by atoms with Crippen molar-refractivity contribution in [2.24, 2.45) is 0 Å². The molecule has 1 N–H and O–H groups in total. The molecule has 7 nitrogen and oxygen atoms in total. The van der Waals surface area contributed by atoms with E-state index in [9.17, 15) is 13.2 Å². The third kappa shape index (κ3) is 4.81. The van der Waals surface area contributed by atoms with Crippen LogP contribution in [-0.4, -0.2) is 27.7 Å². The van der Waals surface area contributed by atoms with Crippen LogP contribution in [0.4, 0.5) is 5.69 Å². The van der Waals surface area contributed by atoms with Gasteiger partial charge in [-0.15, -0.1) is 6.58 Å². The quantitative estimate of drug-likeness (QED) is 0.479. The molecular formula is C24H21ClN2O5S. The van der Waals surface area contributed by atoms with Gasteiger partial charge in [-0.1, -0.05) is 41.9 Å². The lowest BCUT2D eigenvalue weighted by atomic mass is 10.2. The summed E-state index contributed by atoms with van der Waals surface area (Å²) in [5.41, 5.74) is 1.37. The Labute approximate surface area is 197 Å². The van der Waals surface area contributed by atoms with E-state index in [0.29, 0.717) is 22.2 Å². The number of benzene rings is 3. The molecule has 1 heterocycles. The van der Waals surface area contributed by atoms with E-state index >= 15 is 0 Å². The van der Waals surface area contributed by atoms with Crippen molar-refractivity contribution >= 4 is 33.2 Å².